The van der Waals surface area contributed by atoms with Crippen molar-refractivity contribution in [3.8, 4) is 17.1 Å². The van der Waals surface area contributed by atoms with E-state index in [9.17, 15) is 4.79 Å². The monoisotopic (exact) mass is 259 g/mol. The Bertz CT molecular complexity index is 590. The van der Waals surface area contributed by atoms with Gasteiger partial charge in [-0.2, -0.15) is 0 Å². The molecule has 0 amide bonds. The second kappa shape index (κ2) is 6.15. The maximum atomic E-state index is 11.6. The molecule has 0 fully saturated rings. The molecule has 0 aliphatic heterocycles. The Morgan fingerprint density at radius 1 is 1.32 bits per heavy atom. The summed E-state index contributed by atoms with van der Waals surface area (Å²) in [7, 11) is 1.62. The van der Waals surface area contributed by atoms with Crippen LogP contribution in [0.5, 0.6) is 5.75 Å². The van der Waals surface area contributed by atoms with Gasteiger partial charge in [0.2, 0.25) is 0 Å². The Morgan fingerprint density at radius 3 is 2.68 bits per heavy atom. The minimum absolute atomic E-state index is 0.145. The smallest absolute Gasteiger partial charge is 0.251 e. The lowest BCUT2D eigenvalue weighted by atomic mass is 10.2. The van der Waals surface area contributed by atoms with Crippen molar-refractivity contribution in [1.82, 2.24) is 15.3 Å². The molecule has 1 aromatic carbocycles. The predicted octanol–water partition coefficient (Wildman–Crippen LogP) is 1.55. The fourth-order valence-corrected chi connectivity index (χ4v) is 1.74. The number of aromatic amines is 1. The molecule has 0 spiro atoms. The predicted molar refractivity (Wildman–Crippen MR) is 74.2 cm³/mol. The Hall–Kier alpha value is -2.14. The lowest BCUT2D eigenvalue weighted by molar-refractivity contribution is 0.415. The third kappa shape index (κ3) is 3.42. The van der Waals surface area contributed by atoms with Gasteiger partial charge in [-0.25, -0.2) is 4.98 Å². The van der Waals surface area contributed by atoms with E-state index >= 15 is 0 Å². The molecular formula is C14H17N3O2. The molecule has 0 saturated carbocycles. The van der Waals surface area contributed by atoms with Crippen molar-refractivity contribution in [2.75, 3.05) is 13.7 Å². The average Bonchev–Trinajstić information content (AvgIpc) is 2.44. The quantitative estimate of drug-likeness (QED) is 0.855. The van der Waals surface area contributed by atoms with Crippen LogP contribution in [-0.2, 0) is 6.54 Å². The molecule has 1 aromatic heterocycles. The summed E-state index contributed by atoms with van der Waals surface area (Å²) in [5, 5.41) is 3.15. The minimum atomic E-state index is -0.145. The van der Waals surface area contributed by atoms with Crippen molar-refractivity contribution in [1.29, 1.82) is 0 Å². The Morgan fingerprint density at radius 2 is 2.05 bits per heavy atom. The van der Waals surface area contributed by atoms with Gasteiger partial charge in [-0.1, -0.05) is 6.92 Å². The van der Waals surface area contributed by atoms with Crippen LogP contribution in [0, 0.1) is 0 Å². The molecule has 2 aromatic rings. The van der Waals surface area contributed by atoms with Crippen LogP contribution in [0.15, 0.2) is 35.1 Å². The van der Waals surface area contributed by atoms with Crippen LogP contribution in [0.25, 0.3) is 11.4 Å². The molecule has 19 heavy (non-hydrogen) atoms. The first-order chi connectivity index (χ1) is 9.22. The van der Waals surface area contributed by atoms with Crippen LogP contribution in [0.1, 0.15) is 12.6 Å². The van der Waals surface area contributed by atoms with Crippen molar-refractivity contribution >= 4 is 0 Å². The molecule has 5 heteroatoms. The summed E-state index contributed by atoms with van der Waals surface area (Å²) in [6.45, 7) is 3.44. The Kier molecular flexibility index (Phi) is 4.30. The first-order valence-corrected chi connectivity index (χ1v) is 6.18. The molecule has 0 atom stereocenters. The third-order valence-electron chi connectivity index (χ3n) is 2.71. The zero-order chi connectivity index (χ0) is 13.7. The molecule has 0 bridgehead atoms. The van der Waals surface area contributed by atoms with E-state index < -0.39 is 0 Å². The van der Waals surface area contributed by atoms with Crippen molar-refractivity contribution < 1.29 is 4.74 Å². The van der Waals surface area contributed by atoms with Gasteiger partial charge in [-0.3, -0.25) is 4.79 Å². The molecule has 0 radical (unpaired) electrons. The lowest BCUT2D eigenvalue weighted by Gasteiger charge is -2.06. The number of benzene rings is 1. The topological polar surface area (TPSA) is 67.0 Å². The first-order valence-electron chi connectivity index (χ1n) is 6.18. The van der Waals surface area contributed by atoms with E-state index in [-0.39, 0.29) is 5.56 Å². The van der Waals surface area contributed by atoms with E-state index in [4.69, 9.17) is 4.74 Å². The number of hydrogen-bond donors (Lipinski definition) is 2. The van der Waals surface area contributed by atoms with Crippen molar-refractivity contribution in [3.63, 3.8) is 0 Å². The molecule has 1 heterocycles. The second-order valence-electron chi connectivity index (χ2n) is 4.09. The minimum Gasteiger partial charge on any atom is -0.497 e. The number of nitrogens with zero attached hydrogens (tertiary/aromatic N) is 1. The van der Waals surface area contributed by atoms with E-state index in [1.54, 1.807) is 7.11 Å². The molecule has 0 saturated heterocycles. The van der Waals surface area contributed by atoms with E-state index in [2.05, 4.69) is 15.3 Å². The summed E-state index contributed by atoms with van der Waals surface area (Å²) in [5.41, 5.74) is 1.45. The van der Waals surface area contributed by atoms with Crippen LogP contribution in [0.2, 0.25) is 0 Å². The summed E-state index contributed by atoms with van der Waals surface area (Å²) in [6, 6.07) is 8.93. The van der Waals surface area contributed by atoms with Gasteiger partial charge >= 0.3 is 0 Å². The van der Waals surface area contributed by atoms with Gasteiger partial charge < -0.3 is 15.0 Å². The van der Waals surface area contributed by atoms with E-state index in [0.29, 0.717) is 12.4 Å². The van der Waals surface area contributed by atoms with E-state index in [1.165, 1.54) is 6.07 Å². The van der Waals surface area contributed by atoms with Gasteiger partial charge in [0.25, 0.3) is 5.56 Å². The Labute approximate surface area is 111 Å². The van der Waals surface area contributed by atoms with Crippen molar-refractivity contribution in [2.45, 2.75) is 13.5 Å². The summed E-state index contributed by atoms with van der Waals surface area (Å²) in [4.78, 5) is 18.8. The number of aromatic nitrogens is 2. The van der Waals surface area contributed by atoms with E-state index in [1.807, 2.05) is 31.2 Å². The molecule has 0 unspecified atom stereocenters. The summed E-state index contributed by atoms with van der Waals surface area (Å²) in [5.74, 6) is 1.35. The molecule has 100 valence electrons. The highest BCUT2D eigenvalue weighted by Crippen LogP contribution is 2.18. The zero-order valence-electron chi connectivity index (χ0n) is 11.1. The standard InChI is InChI=1S/C14H17N3O2/c1-3-15-9-11-8-13(18)17-14(16-11)10-4-6-12(19-2)7-5-10/h4-8,15H,3,9H2,1-2H3,(H,16,17,18). The van der Waals surface area contributed by atoms with Gasteiger partial charge in [0, 0.05) is 18.2 Å². The van der Waals surface area contributed by atoms with Crippen LogP contribution >= 0.6 is 0 Å². The third-order valence-corrected chi connectivity index (χ3v) is 2.71. The van der Waals surface area contributed by atoms with Gasteiger partial charge in [0.15, 0.2) is 0 Å². The van der Waals surface area contributed by atoms with Crippen LogP contribution in [-0.4, -0.2) is 23.6 Å². The number of rotatable bonds is 5. The number of H-pyrrole nitrogens is 1. The first kappa shape index (κ1) is 13.3. The molecular weight excluding hydrogens is 242 g/mol. The molecule has 5 nitrogen and oxygen atoms in total. The lowest BCUT2D eigenvalue weighted by Crippen LogP contribution is -2.17. The van der Waals surface area contributed by atoms with Crippen molar-refractivity contribution in [2.24, 2.45) is 0 Å². The molecule has 2 rings (SSSR count). The number of hydrogen-bond acceptors (Lipinski definition) is 4. The van der Waals surface area contributed by atoms with E-state index in [0.717, 1.165) is 23.6 Å². The average molecular weight is 259 g/mol. The number of nitrogens with one attached hydrogen (secondary N) is 2. The highest BCUT2D eigenvalue weighted by Gasteiger charge is 2.04. The summed E-state index contributed by atoms with van der Waals surface area (Å²) >= 11 is 0. The van der Waals surface area contributed by atoms with Crippen LogP contribution < -0.4 is 15.6 Å². The van der Waals surface area contributed by atoms with Gasteiger partial charge in [-0.05, 0) is 30.8 Å². The maximum absolute atomic E-state index is 11.6. The highest BCUT2D eigenvalue weighted by atomic mass is 16.5. The SMILES string of the molecule is CCNCc1cc(=O)[nH]c(-c2ccc(OC)cc2)n1. The maximum Gasteiger partial charge on any atom is 0.251 e. The molecule has 0 aliphatic rings. The summed E-state index contributed by atoms with van der Waals surface area (Å²) < 4.78 is 5.10. The number of ether oxygens (including phenoxy) is 1. The fraction of sp³-hybridized carbons (Fsp3) is 0.286. The largest absolute Gasteiger partial charge is 0.497 e. The van der Waals surface area contributed by atoms with Crippen LogP contribution in [0.3, 0.4) is 0 Å². The molecule has 2 N–H and O–H groups in total. The summed E-state index contributed by atoms with van der Waals surface area (Å²) in [6.07, 6.45) is 0. The highest BCUT2D eigenvalue weighted by molar-refractivity contribution is 5.56. The van der Waals surface area contributed by atoms with Gasteiger partial charge in [-0.15, -0.1) is 0 Å². The normalized spacial score (nSPS) is 10.4. The molecule has 0 aliphatic carbocycles. The number of methoxy groups -OCH3 is 1. The Balaban J connectivity index is 2.32. The zero-order valence-corrected chi connectivity index (χ0v) is 11.1. The van der Waals surface area contributed by atoms with Crippen molar-refractivity contribution in [3.05, 3.63) is 46.4 Å². The van der Waals surface area contributed by atoms with Crippen LogP contribution in [0.4, 0.5) is 0 Å². The second-order valence-corrected chi connectivity index (χ2v) is 4.09. The van der Waals surface area contributed by atoms with Gasteiger partial charge in [0.05, 0.1) is 12.8 Å². The van der Waals surface area contributed by atoms with Gasteiger partial charge in [0.1, 0.15) is 11.6 Å². The fourth-order valence-electron chi connectivity index (χ4n) is 1.74.